The molecule has 4 heteroatoms. The lowest BCUT2D eigenvalue weighted by Gasteiger charge is -2.23. The van der Waals surface area contributed by atoms with E-state index in [4.69, 9.17) is 16.3 Å². The predicted octanol–water partition coefficient (Wildman–Crippen LogP) is 5.20. The fraction of sp³-hybridized carbons (Fsp3) is 0.263. The highest BCUT2D eigenvalue weighted by molar-refractivity contribution is 7.99. The lowest BCUT2D eigenvalue weighted by Crippen LogP contribution is -2.12. The van der Waals surface area contributed by atoms with Crippen LogP contribution in [0.3, 0.4) is 0 Å². The molecular formula is C19H20ClNOS. The topological polar surface area (TPSA) is 12.5 Å². The Morgan fingerprint density at radius 1 is 1.09 bits per heavy atom. The fourth-order valence-electron chi connectivity index (χ4n) is 2.69. The summed E-state index contributed by atoms with van der Waals surface area (Å²) < 4.78 is 5.37. The molecule has 0 N–H and O–H groups in total. The normalized spacial score (nSPS) is 14.7. The Balaban J connectivity index is 2.07. The van der Waals surface area contributed by atoms with E-state index in [1.165, 1.54) is 26.5 Å². The molecule has 0 aliphatic carbocycles. The maximum Gasteiger partial charge on any atom is 0.120 e. The summed E-state index contributed by atoms with van der Waals surface area (Å²) >= 11 is 8.01. The maximum absolute atomic E-state index is 6.24. The van der Waals surface area contributed by atoms with Crippen molar-refractivity contribution in [2.75, 3.05) is 27.7 Å². The third-order valence-corrected chi connectivity index (χ3v) is 5.22. The Labute approximate surface area is 147 Å². The van der Waals surface area contributed by atoms with Crippen LogP contribution in [0.25, 0.3) is 5.57 Å². The number of rotatable bonds is 4. The van der Waals surface area contributed by atoms with Gasteiger partial charge in [0.1, 0.15) is 5.75 Å². The van der Waals surface area contributed by atoms with Gasteiger partial charge in [-0.25, -0.2) is 0 Å². The van der Waals surface area contributed by atoms with Crippen LogP contribution in [0.4, 0.5) is 0 Å². The molecule has 2 aromatic rings. The SMILES string of the molecule is COc1ccc2c(c1)Sc1ccc(Cl)cc1/C2=C/CCN(C)C. The van der Waals surface area contributed by atoms with Crippen molar-refractivity contribution in [3.63, 3.8) is 0 Å². The zero-order chi connectivity index (χ0) is 16.4. The molecule has 2 aromatic carbocycles. The van der Waals surface area contributed by atoms with Gasteiger partial charge in [0, 0.05) is 21.4 Å². The Morgan fingerprint density at radius 3 is 2.65 bits per heavy atom. The molecule has 0 saturated heterocycles. The molecule has 0 atom stereocenters. The minimum Gasteiger partial charge on any atom is -0.497 e. The number of nitrogens with zero attached hydrogens (tertiary/aromatic N) is 1. The summed E-state index contributed by atoms with van der Waals surface area (Å²) in [5.41, 5.74) is 3.74. The van der Waals surface area contributed by atoms with Crippen molar-refractivity contribution in [1.82, 2.24) is 4.90 Å². The van der Waals surface area contributed by atoms with E-state index in [1.807, 2.05) is 12.1 Å². The van der Waals surface area contributed by atoms with Gasteiger partial charge in [0.05, 0.1) is 7.11 Å². The van der Waals surface area contributed by atoms with Crippen molar-refractivity contribution >= 4 is 28.9 Å². The number of fused-ring (bicyclic) bond motifs is 2. The second-order valence-electron chi connectivity index (χ2n) is 5.81. The third-order valence-electron chi connectivity index (χ3n) is 3.86. The maximum atomic E-state index is 6.24. The molecule has 3 rings (SSSR count). The average Bonchev–Trinajstić information content (AvgIpc) is 2.53. The molecule has 120 valence electrons. The van der Waals surface area contributed by atoms with Gasteiger partial charge in [-0.2, -0.15) is 0 Å². The van der Waals surface area contributed by atoms with Gasteiger partial charge in [-0.15, -0.1) is 0 Å². The summed E-state index contributed by atoms with van der Waals surface area (Å²) in [5, 5.41) is 0.778. The monoisotopic (exact) mass is 345 g/mol. The van der Waals surface area contributed by atoms with E-state index in [0.717, 1.165) is 23.7 Å². The van der Waals surface area contributed by atoms with Gasteiger partial charge >= 0.3 is 0 Å². The van der Waals surface area contributed by atoms with Crippen LogP contribution in [0.2, 0.25) is 5.02 Å². The first-order valence-corrected chi connectivity index (χ1v) is 8.79. The number of ether oxygens (including phenoxy) is 1. The van der Waals surface area contributed by atoms with Crippen molar-refractivity contribution in [2.24, 2.45) is 0 Å². The van der Waals surface area contributed by atoms with Gasteiger partial charge in [0.15, 0.2) is 0 Å². The summed E-state index contributed by atoms with van der Waals surface area (Å²) in [6.45, 7) is 1.03. The lowest BCUT2D eigenvalue weighted by molar-refractivity contribution is 0.413. The lowest BCUT2D eigenvalue weighted by atomic mass is 9.96. The summed E-state index contributed by atoms with van der Waals surface area (Å²) in [5.74, 6) is 0.890. The fourth-order valence-corrected chi connectivity index (χ4v) is 3.98. The largest absolute Gasteiger partial charge is 0.497 e. The van der Waals surface area contributed by atoms with Crippen molar-refractivity contribution in [1.29, 1.82) is 0 Å². The van der Waals surface area contributed by atoms with Gasteiger partial charge < -0.3 is 9.64 Å². The highest BCUT2D eigenvalue weighted by atomic mass is 35.5. The van der Waals surface area contributed by atoms with Crippen LogP contribution >= 0.6 is 23.4 Å². The number of methoxy groups -OCH3 is 1. The first-order valence-electron chi connectivity index (χ1n) is 7.59. The van der Waals surface area contributed by atoms with Gasteiger partial charge in [-0.1, -0.05) is 29.4 Å². The summed E-state index contributed by atoms with van der Waals surface area (Å²) in [6, 6.07) is 12.4. The molecule has 0 aromatic heterocycles. The second-order valence-corrected chi connectivity index (χ2v) is 7.33. The van der Waals surface area contributed by atoms with E-state index >= 15 is 0 Å². The first kappa shape index (κ1) is 16.4. The zero-order valence-electron chi connectivity index (χ0n) is 13.6. The van der Waals surface area contributed by atoms with Crippen LogP contribution in [0, 0.1) is 0 Å². The smallest absolute Gasteiger partial charge is 0.120 e. The second kappa shape index (κ2) is 7.00. The molecular weight excluding hydrogens is 326 g/mol. The van der Waals surface area contributed by atoms with Crippen LogP contribution in [0.1, 0.15) is 17.5 Å². The van der Waals surface area contributed by atoms with E-state index in [2.05, 4.69) is 49.3 Å². The van der Waals surface area contributed by atoms with Crippen LogP contribution < -0.4 is 4.74 Å². The molecule has 1 aliphatic rings. The number of benzene rings is 2. The molecule has 0 radical (unpaired) electrons. The average molecular weight is 346 g/mol. The molecule has 0 fully saturated rings. The molecule has 0 saturated carbocycles. The number of hydrogen-bond donors (Lipinski definition) is 0. The Bertz CT molecular complexity index is 755. The molecule has 0 amide bonds. The minimum absolute atomic E-state index is 0.778. The van der Waals surface area contributed by atoms with E-state index in [-0.39, 0.29) is 0 Å². The van der Waals surface area contributed by atoms with Crippen molar-refractivity contribution in [2.45, 2.75) is 16.2 Å². The van der Waals surface area contributed by atoms with Crippen LogP contribution in [-0.4, -0.2) is 32.6 Å². The molecule has 1 heterocycles. The van der Waals surface area contributed by atoms with Crippen LogP contribution in [0.5, 0.6) is 5.75 Å². The highest BCUT2D eigenvalue weighted by Gasteiger charge is 2.21. The Hall–Kier alpha value is -1.42. The van der Waals surface area contributed by atoms with Crippen molar-refractivity contribution < 1.29 is 4.74 Å². The Morgan fingerprint density at radius 2 is 1.91 bits per heavy atom. The molecule has 23 heavy (non-hydrogen) atoms. The summed E-state index contributed by atoms with van der Waals surface area (Å²) in [6.07, 6.45) is 3.32. The van der Waals surface area contributed by atoms with Crippen LogP contribution in [0.15, 0.2) is 52.3 Å². The van der Waals surface area contributed by atoms with E-state index < -0.39 is 0 Å². The van der Waals surface area contributed by atoms with Crippen molar-refractivity contribution in [3.05, 3.63) is 58.6 Å². The van der Waals surface area contributed by atoms with E-state index in [1.54, 1.807) is 18.9 Å². The minimum atomic E-state index is 0.778. The molecule has 1 aliphatic heterocycles. The third kappa shape index (κ3) is 3.57. The highest BCUT2D eigenvalue weighted by Crippen LogP contribution is 2.47. The zero-order valence-corrected chi connectivity index (χ0v) is 15.2. The van der Waals surface area contributed by atoms with Gasteiger partial charge in [0.2, 0.25) is 0 Å². The summed E-state index contributed by atoms with van der Waals surface area (Å²) in [4.78, 5) is 4.67. The molecule has 2 nitrogen and oxygen atoms in total. The molecule has 0 spiro atoms. The number of hydrogen-bond acceptors (Lipinski definition) is 3. The van der Waals surface area contributed by atoms with Gasteiger partial charge in [-0.05, 0) is 73.6 Å². The standard InChI is InChI=1S/C19H20ClNOS/c1-21(2)10-4-5-15-16-8-7-14(22-3)12-19(16)23-18-9-6-13(20)11-17(15)18/h5-9,11-12H,4,10H2,1-3H3/b15-5+. The van der Waals surface area contributed by atoms with Gasteiger partial charge in [0.25, 0.3) is 0 Å². The van der Waals surface area contributed by atoms with E-state index in [0.29, 0.717) is 0 Å². The predicted molar refractivity (Wildman–Crippen MR) is 98.8 cm³/mol. The molecule has 0 bridgehead atoms. The number of halogens is 1. The van der Waals surface area contributed by atoms with Gasteiger partial charge in [-0.3, -0.25) is 0 Å². The summed E-state index contributed by atoms with van der Waals surface area (Å²) in [7, 11) is 5.90. The quantitative estimate of drug-likeness (QED) is 0.645. The van der Waals surface area contributed by atoms with E-state index in [9.17, 15) is 0 Å². The first-order chi connectivity index (χ1) is 11.1. The van der Waals surface area contributed by atoms with Crippen molar-refractivity contribution in [3.8, 4) is 5.75 Å². The Kier molecular flexibility index (Phi) is 5.00. The van der Waals surface area contributed by atoms with Crippen LogP contribution in [-0.2, 0) is 0 Å². The molecule has 0 unspecified atom stereocenters.